The maximum Gasteiger partial charge on any atom is 0.244 e. The molecule has 1 aliphatic carbocycles. The Kier molecular flexibility index (Phi) is 4.35. The van der Waals surface area contributed by atoms with Crippen molar-refractivity contribution in [3.63, 3.8) is 0 Å². The summed E-state index contributed by atoms with van der Waals surface area (Å²) in [5.41, 5.74) is 1.51. The van der Waals surface area contributed by atoms with Gasteiger partial charge in [0.05, 0.1) is 0 Å². The molecule has 1 N–H and O–H groups in total. The summed E-state index contributed by atoms with van der Waals surface area (Å²) in [6.45, 7) is 6.62. The molecule has 1 aromatic rings. The van der Waals surface area contributed by atoms with Crippen LogP contribution in [0.1, 0.15) is 39.2 Å². The van der Waals surface area contributed by atoms with E-state index in [2.05, 4.69) is 50.4 Å². The maximum absolute atomic E-state index is 11.5. The average molecular weight is 275 g/mol. The molecular weight excluding hydrogens is 254 g/mol. The first kappa shape index (κ1) is 14.2. The average Bonchev–Trinajstić information content (AvgIpc) is 3.12. The van der Waals surface area contributed by atoms with Crippen LogP contribution in [-0.2, 0) is 10.2 Å². The number of benzene rings is 1. The highest BCUT2D eigenvalue weighted by molar-refractivity contribution is 8.02. The van der Waals surface area contributed by atoms with Crippen molar-refractivity contribution < 1.29 is 4.79 Å². The number of nitrogens with one attached hydrogen (secondary N) is 1. The topological polar surface area (TPSA) is 29.1 Å². The van der Waals surface area contributed by atoms with Crippen molar-refractivity contribution in [1.29, 1.82) is 0 Å². The van der Waals surface area contributed by atoms with Gasteiger partial charge in [0.15, 0.2) is 0 Å². The van der Waals surface area contributed by atoms with Gasteiger partial charge in [0.2, 0.25) is 5.91 Å². The predicted octanol–water partition coefficient (Wildman–Crippen LogP) is 3.87. The molecule has 0 heterocycles. The summed E-state index contributed by atoms with van der Waals surface area (Å²) < 4.78 is 0. The Balaban J connectivity index is 1.85. The zero-order chi connectivity index (χ0) is 13.9. The van der Waals surface area contributed by atoms with E-state index in [4.69, 9.17) is 0 Å². The Bertz CT molecular complexity index is 467. The first-order valence-electron chi connectivity index (χ1n) is 6.69. The third-order valence-corrected chi connectivity index (χ3v) is 3.88. The zero-order valence-electron chi connectivity index (χ0n) is 11.8. The molecule has 0 radical (unpaired) electrons. The Morgan fingerprint density at radius 1 is 1.26 bits per heavy atom. The molecule has 1 saturated carbocycles. The van der Waals surface area contributed by atoms with Crippen LogP contribution in [0.25, 0.3) is 0 Å². The molecule has 0 atom stereocenters. The number of carbonyl (C=O) groups is 1. The van der Waals surface area contributed by atoms with E-state index < -0.39 is 0 Å². The molecule has 0 saturated heterocycles. The first-order valence-corrected chi connectivity index (χ1v) is 7.57. The van der Waals surface area contributed by atoms with E-state index in [0.29, 0.717) is 6.04 Å². The SMILES string of the molecule is CC(C)(C)c1ccc(S/C=C\C(=O)NC2CC2)cc1. The molecule has 2 rings (SSSR count). The second-order valence-electron chi connectivity index (χ2n) is 5.98. The molecule has 3 heteroatoms. The highest BCUT2D eigenvalue weighted by Gasteiger charge is 2.21. The fraction of sp³-hybridized carbons (Fsp3) is 0.438. The largest absolute Gasteiger partial charge is 0.350 e. The molecule has 0 aliphatic heterocycles. The highest BCUT2D eigenvalue weighted by Crippen LogP contribution is 2.26. The van der Waals surface area contributed by atoms with E-state index in [0.717, 1.165) is 17.7 Å². The van der Waals surface area contributed by atoms with Gasteiger partial charge in [-0.15, -0.1) is 0 Å². The lowest BCUT2D eigenvalue weighted by Gasteiger charge is -2.18. The van der Waals surface area contributed by atoms with Gasteiger partial charge in [0.1, 0.15) is 0 Å². The highest BCUT2D eigenvalue weighted by atomic mass is 32.2. The molecule has 0 spiro atoms. The minimum absolute atomic E-state index is 0.0151. The number of hydrogen-bond acceptors (Lipinski definition) is 2. The van der Waals surface area contributed by atoms with Crippen molar-refractivity contribution in [3.8, 4) is 0 Å². The first-order chi connectivity index (χ1) is 8.95. The summed E-state index contributed by atoms with van der Waals surface area (Å²) >= 11 is 1.57. The molecular formula is C16H21NOS. The van der Waals surface area contributed by atoms with Crippen molar-refractivity contribution in [1.82, 2.24) is 5.32 Å². The smallest absolute Gasteiger partial charge is 0.244 e. The van der Waals surface area contributed by atoms with Crippen LogP contribution in [0.15, 0.2) is 40.6 Å². The molecule has 1 aliphatic rings. The van der Waals surface area contributed by atoms with E-state index in [1.165, 1.54) is 5.56 Å². The monoisotopic (exact) mass is 275 g/mol. The van der Waals surface area contributed by atoms with Gasteiger partial charge in [0.25, 0.3) is 0 Å². The molecule has 1 aromatic carbocycles. The van der Waals surface area contributed by atoms with Gasteiger partial charge in [-0.3, -0.25) is 4.79 Å². The number of hydrogen-bond donors (Lipinski definition) is 1. The van der Waals surface area contributed by atoms with Gasteiger partial charge in [0, 0.05) is 17.0 Å². The van der Waals surface area contributed by atoms with Gasteiger partial charge >= 0.3 is 0 Å². The van der Waals surface area contributed by atoms with Crippen molar-refractivity contribution in [2.45, 2.75) is 50.0 Å². The lowest BCUT2D eigenvalue weighted by molar-refractivity contribution is -0.116. The Morgan fingerprint density at radius 2 is 1.89 bits per heavy atom. The van der Waals surface area contributed by atoms with Gasteiger partial charge in [-0.05, 0) is 41.4 Å². The zero-order valence-corrected chi connectivity index (χ0v) is 12.6. The third kappa shape index (κ3) is 4.75. The summed E-state index contributed by atoms with van der Waals surface area (Å²) in [7, 11) is 0. The number of thioether (sulfide) groups is 1. The number of carbonyl (C=O) groups excluding carboxylic acids is 1. The van der Waals surface area contributed by atoms with Crippen molar-refractivity contribution in [2.75, 3.05) is 0 Å². The van der Waals surface area contributed by atoms with Gasteiger partial charge in [-0.2, -0.15) is 0 Å². The minimum Gasteiger partial charge on any atom is -0.350 e. The van der Waals surface area contributed by atoms with Gasteiger partial charge in [-0.1, -0.05) is 44.7 Å². The fourth-order valence-electron chi connectivity index (χ4n) is 1.68. The molecule has 1 amide bonds. The van der Waals surface area contributed by atoms with E-state index in [9.17, 15) is 4.79 Å². The summed E-state index contributed by atoms with van der Waals surface area (Å²) in [6, 6.07) is 8.94. The summed E-state index contributed by atoms with van der Waals surface area (Å²) in [5.74, 6) is 0.0151. The quantitative estimate of drug-likeness (QED) is 0.667. The van der Waals surface area contributed by atoms with E-state index in [1.807, 2.05) is 5.41 Å². The van der Waals surface area contributed by atoms with Crippen molar-refractivity contribution in [3.05, 3.63) is 41.3 Å². The molecule has 102 valence electrons. The maximum atomic E-state index is 11.5. The standard InChI is InChI=1S/C16H21NOS/c1-16(2,3)12-4-8-14(9-5-12)19-11-10-15(18)17-13-6-7-13/h4-5,8-11,13H,6-7H2,1-3H3,(H,17,18)/b11-10-. The molecule has 2 nitrogen and oxygen atoms in total. The summed E-state index contributed by atoms with van der Waals surface area (Å²) in [5, 5.41) is 4.78. The second kappa shape index (κ2) is 5.83. The summed E-state index contributed by atoms with van der Waals surface area (Å²) in [4.78, 5) is 12.6. The Hall–Kier alpha value is -1.22. The molecule has 0 aromatic heterocycles. The van der Waals surface area contributed by atoms with Crippen LogP contribution in [0, 0.1) is 0 Å². The normalized spacial score (nSPS) is 15.7. The Labute approximate surface area is 119 Å². The lowest BCUT2D eigenvalue weighted by atomic mass is 9.87. The van der Waals surface area contributed by atoms with Crippen LogP contribution < -0.4 is 5.32 Å². The van der Waals surface area contributed by atoms with Crippen LogP contribution in [0.4, 0.5) is 0 Å². The number of rotatable bonds is 4. The van der Waals surface area contributed by atoms with E-state index in [1.54, 1.807) is 17.8 Å². The molecule has 0 bridgehead atoms. The minimum atomic E-state index is 0.0151. The van der Waals surface area contributed by atoms with Gasteiger partial charge in [-0.25, -0.2) is 0 Å². The van der Waals surface area contributed by atoms with Gasteiger partial charge < -0.3 is 5.32 Å². The van der Waals surface area contributed by atoms with Crippen molar-refractivity contribution in [2.24, 2.45) is 0 Å². The van der Waals surface area contributed by atoms with Crippen LogP contribution in [0.2, 0.25) is 0 Å². The fourth-order valence-corrected chi connectivity index (χ4v) is 2.33. The second-order valence-corrected chi connectivity index (χ2v) is 6.96. The van der Waals surface area contributed by atoms with Crippen LogP contribution in [0.3, 0.4) is 0 Å². The molecule has 0 unspecified atom stereocenters. The number of amides is 1. The van der Waals surface area contributed by atoms with Crippen LogP contribution in [0.5, 0.6) is 0 Å². The summed E-state index contributed by atoms with van der Waals surface area (Å²) in [6.07, 6.45) is 3.86. The molecule has 1 fully saturated rings. The van der Waals surface area contributed by atoms with Crippen molar-refractivity contribution >= 4 is 17.7 Å². The van der Waals surface area contributed by atoms with Crippen LogP contribution >= 0.6 is 11.8 Å². The van der Waals surface area contributed by atoms with E-state index in [-0.39, 0.29) is 11.3 Å². The lowest BCUT2D eigenvalue weighted by Crippen LogP contribution is -2.22. The molecule has 19 heavy (non-hydrogen) atoms. The van der Waals surface area contributed by atoms with Crippen LogP contribution in [-0.4, -0.2) is 11.9 Å². The Morgan fingerprint density at radius 3 is 2.42 bits per heavy atom. The predicted molar refractivity (Wildman–Crippen MR) is 81.3 cm³/mol. The van der Waals surface area contributed by atoms with E-state index >= 15 is 0 Å². The third-order valence-electron chi connectivity index (χ3n) is 3.07.